The lowest BCUT2D eigenvalue weighted by atomic mass is 9.86. The SMILES string of the molecule is Cc1cc(O)c2nc(Oc3cc(C4=N[C@@H](C(c5ccccc5)c5ccccc5)CO4)cc(-c4ccccc4)c3)ccc2c1. The minimum absolute atomic E-state index is 0.0611. The van der Waals surface area contributed by atoms with E-state index in [1.54, 1.807) is 6.07 Å². The number of phenolic OH excluding ortho intramolecular Hbond substituents is 1. The second kappa shape index (κ2) is 11.5. The van der Waals surface area contributed by atoms with Crippen molar-refractivity contribution in [2.45, 2.75) is 18.9 Å². The lowest BCUT2D eigenvalue weighted by Crippen LogP contribution is -2.19. The molecule has 0 saturated carbocycles. The van der Waals surface area contributed by atoms with E-state index in [4.69, 9.17) is 14.5 Å². The summed E-state index contributed by atoms with van der Waals surface area (Å²) >= 11 is 0. The van der Waals surface area contributed by atoms with Gasteiger partial charge < -0.3 is 14.6 Å². The summed E-state index contributed by atoms with van der Waals surface area (Å²) in [6.45, 7) is 2.42. The minimum atomic E-state index is -0.0851. The van der Waals surface area contributed by atoms with Gasteiger partial charge in [0.05, 0.1) is 6.04 Å². The number of aromatic hydroxyl groups is 1. The molecule has 0 aliphatic carbocycles. The van der Waals surface area contributed by atoms with Gasteiger partial charge in [0.1, 0.15) is 23.6 Å². The quantitative estimate of drug-likeness (QED) is 0.211. The number of fused-ring (bicyclic) bond motifs is 1. The van der Waals surface area contributed by atoms with Crippen LogP contribution < -0.4 is 4.74 Å². The van der Waals surface area contributed by atoms with E-state index in [2.05, 4.69) is 71.7 Å². The van der Waals surface area contributed by atoms with Crippen LogP contribution in [0, 0.1) is 6.92 Å². The average molecular weight is 563 g/mol. The number of benzene rings is 5. The predicted octanol–water partition coefficient (Wildman–Crippen LogP) is 8.69. The molecule has 0 unspecified atom stereocenters. The minimum Gasteiger partial charge on any atom is -0.506 e. The zero-order chi connectivity index (χ0) is 29.2. The van der Waals surface area contributed by atoms with Gasteiger partial charge in [-0.15, -0.1) is 0 Å². The van der Waals surface area contributed by atoms with E-state index in [0.29, 0.717) is 29.7 Å². The monoisotopic (exact) mass is 562 g/mol. The number of hydrogen-bond donors (Lipinski definition) is 1. The van der Waals surface area contributed by atoms with Crippen molar-refractivity contribution >= 4 is 16.8 Å². The molecule has 5 aromatic carbocycles. The fourth-order valence-corrected chi connectivity index (χ4v) is 5.78. The molecule has 6 aromatic rings. The van der Waals surface area contributed by atoms with Crippen LogP contribution in [0.15, 0.2) is 138 Å². The number of pyridine rings is 1. The average Bonchev–Trinajstić information content (AvgIpc) is 3.53. The first-order valence-electron chi connectivity index (χ1n) is 14.4. The van der Waals surface area contributed by atoms with Crippen LogP contribution in [0.4, 0.5) is 0 Å². The van der Waals surface area contributed by atoms with E-state index >= 15 is 0 Å². The van der Waals surface area contributed by atoms with Crippen LogP contribution >= 0.6 is 0 Å². The van der Waals surface area contributed by atoms with E-state index in [1.165, 1.54) is 11.1 Å². The van der Waals surface area contributed by atoms with E-state index in [0.717, 1.165) is 27.6 Å². The molecule has 0 bridgehead atoms. The normalized spacial score (nSPS) is 14.5. The Kier molecular flexibility index (Phi) is 7.05. The fourth-order valence-electron chi connectivity index (χ4n) is 5.78. The summed E-state index contributed by atoms with van der Waals surface area (Å²) in [6.07, 6.45) is 0. The molecule has 0 spiro atoms. The summed E-state index contributed by atoms with van der Waals surface area (Å²) in [7, 11) is 0. The molecule has 7 rings (SSSR count). The largest absolute Gasteiger partial charge is 0.506 e. The van der Waals surface area contributed by atoms with E-state index in [-0.39, 0.29) is 17.7 Å². The molecule has 1 atom stereocenters. The van der Waals surface area contributed by atoms with Gasteiger partial charge in [-0.05, 0) is 71.1 Å². The highest BCUT2D eigenvalue weighted by Gasteiger charge is 2.31. The van der Waals surface area contributed by atoms with Crippen LogP contribution in [0.1, 0.15) is 28.2 Å². The van der Waals surface area contributed by atoms with E-state index in [9.17, 15) is 5.11 Å². The van der Waals surface area contributed by atoms with Crippen LogP contribution in [0.5, 0.6) is 17.4 Å². The van der Waals surface area contributed by atoms with Crippen molar-refractivity contribution in [1.29, 1.82) is 0 Å². The number of rotatable bonds is 7. The molecule has 1 aliphatic rings. The second-order valence-electron chi connectivity index (χ2n) is 10.8. The fraction of sp³-hybridized carbons (Fsp3) is 0.105. The Bertz CT molecular complexity index is 1880. The predicted molar refractivity (Wildman–Crippen MR) is 171 cm³/mol. The highest BCUT2D eigenvalue weighted by Crippen LogP contribution is 2.35. The summed E-state index contributed by atoms with van der Waals surface area (Å²) in [5, 5.41) is 11.4. The smallest absolute Gasteiger partial charge is 0.219 e. The van der Waals surface area contributed by atoms with Crippen molar-refractivity contribution in [3.05, 3.63) is 156 Å². The molecule has 5 nitrogen and oxygen atoms in total. The molecule has 43 heavy (non-hydrogen) atoms. The first kappa shape index (κ1) is 26.5. The lowest BCUT2D eigenvalue weighted by Gasteiger charge is -2.21. The van der Waals surface area contributed by atoms with Crippen molar-refractivity contribution in [2.75, 3.05) is 6.61 Å². The van der Waals surface area contributed by atoms with Gasteiger partial charge in [-0.25, -0.2) is 9.98 Å². The Hall–Kier alpha value is -5.42. The number of aliphatic imine (C=N–C) groups is 1. The Labute approximate surface area is 250 Å². The molecular weight excluding hydrogens is 532 g/mol. The summed E-state index contributed by atoms with van der Waals surface area (Å²) < 4.78 is 12.6. The molecule has 0 amide bonds. The first-order chi connectivity index (χ1) is 21.1. The molecule has 0 saturated heterocycles. The van der Waals surface area contributed by atoms with Gasteiger partial charge in [-0.1, -0.05) is 91.0 Å². The topological polar surface area (TPSA) is 63.9 Å². The van der Waals surface area contributed by atoms with Crippen LogP contribution in [0.25, 0.3) is 22.0 Å². The van der Waals surface area contributed by atoms with Gasteiger partial charge >= 0.3 is 0 Å². The van der Waals surface area contributed by atoms with Gasteiger partial charge in [-0.3, -0.25) is 0 Å². The van der Waals surface area contributed by atoms with Gasteiger partial charge in [0.2, 0.25) is 11.8 Å². The van der Waals surface area contributed by atoms with Crippen molar-refractivity contribution < 1.29 is 14.6 Å². The highest BCUT2D eigenvalue weighted by molar-refractivity contribution is 5.97. The maximum atomic E-state index is 10.5. The summed E-state index contributed by atoms with van der Waals surface area (Å²) in [4.78, 5) is 9.75. The van der Waals surface area contributed by atoms with Gasteiger partial charge in [0.15, 0.2) is 0 Å². The Morgan fingerprint density at radius 3 is 2.07 bits per heavy atom. The zero-order valence-corrected chi connectivity index (χ0v) is 23.7. The van der Waals surface area contributed by atoms with Crippen molar-refractivity contribution in [3.63, 3.8) is 0 Å². The second-order valence-corrected chi connectivity index (χ2v) is 10.8. The number of aryl methyl sites for hydroxylation is 1. The van der Waals surface area contributed by atoms with Crippen molar-refractivity contribution in [3.8, 4) is 28.5 Å². The van der Waals surface area contributed by atoms with Crippen LogP contribution in [0.2, 0.25) is 0 Å². The molecule has 1 aromatic heterocycles. The lowest BCUT2D eigenvalue weighted by molar-refractivity contribution is 0.308. The number of phenols is 1. The standard InChI is InChI=1S/C38H30N2O3/c1-25-19-29-17-18-35(40-37(29)34(41)20-25)43-32-22-30(26-11-5-2-6-12-26)21-31(23-32)38-39-33(24-42-38)36(27-13-7-3-8-14-27)28-15-9-4-10-16-28/h2-23,33,36,41H,24H2,1H3/t33-/m1/s1. The summed E-state index contributed by atoms with van der Waals surface area (Å²) in [5.74, 6) is 1.77. The number of aromatic nitrogens is 1. The number of hydrogen-bond acceptors (Lipinski definition) is 5. The Balaban J connectivity index is 1.27. The third-order valence-electron chi connectivity index (χ3n) is 7.75. The number of ether oxygens (including phenoxy) is 2. The van der Waals surface area contributed by atoms with Crippen molar-refractivity contribution in [2.24, 2.45) is 4.99 Å². The molecule has 2 heterocycles. The zero-order valence-electron chi connectivity index (χ0n) is 23.7. The third-order valence-corrected chi connectivity index (χ3v) is 7.75. The summed E-state index contributed by atoms with van der Waals surface area (Å²) in [6, 6.07) is 44.5. The summed E-state index contributed by atoms with van der Waals surface area (Å²) in [5.41, 5.74) is 6.74. The Morgan fingerprint density at radius 1 is 0.721 bits per heavy atom. The van der Waals surface area contributed by atoms with E-state index < -0.39 is 0 Å². The molecule has 1 N–H and O–H groups in total. The van der Waals surface area contributed by atoms with Crippen molar-refractivity contribution in [1.82, 2.24) is 4.98 Å². The number of nitrogens with zero attached hydrogens (tertiary/aromatic N) is 2. The third kappa shape index (κ3) is 5.57. The maximum absolute atomic E-state index is 10.5. The highest BCUT2D eigenvalue weighted by atomic mass is 16.5. The van der Waals surface area contributed by atoms with E-state index in [1.807, 2.05) is 67.6 Å². The van der Waals surface area contributed by atoms with Gasteiger partial charge in [0, 0.05) is 22.9 Å². The van der Waals surface area contributed by atoms with Crippen LogP contribution in [-0.4, -0.2) is 28.6 Å². The molecule has 210 valence electrons. The maximum Gasteiger partial charge on any atom is 0.219 e. The molecule has 1 aliphatic heterocycles. The van der Waals surface area contributed by atoms with Crippen LogP contribution in [0.3, 0.4) is 0 Å². The molecular formula is C38H30N2O3. The van der Waals surface area contributed by atoms with Gasteiger partial charge in [-0.2, -0.15) is 0 Å². The van der Waals surface area contributed by atoms with Gasteiger partial charge in [0.25, 0.3) is 0 Å². The molecule has 5 heteroatoms. The molecule has 0 radical (unpaired) electrons. The Morgan fingerprint density at radius 2 is 1.37 bits per heavy atom. The molecule has 0 fully saturated rings. The first-order valence-corrected chi connectivity index (χ1v) is 14.4. The van der Waals surface area contributed by atoms with Crippen LogP contribution in [-0.2, 0) is 4.74 Å².